The number of thiocarbonyl (C=S) groups is 1. The Hall–Kier alpha value is -3.29. The third kappa shape index (κ3) is 3.57. The molecular formula is C26H22N4OS2. The van der Waals surface area contributed by atoms with Crippen LogP contribution in [0.3, 0.4) is 0 Å². The predicted molar refractivity (Wildman–Crippen MR) is 136 cm³/mol. The van der Waals surface area contributed by atoms with Crippen LogP contribution in [0.1, 0.15) is 42.0 Å². The molecule has 0 bridgehead atoms. The van der Waals surface area contributed by atoms with E-state index in [0.29, 0.717) is 16.8 Å². The van der Waals surface area contributed by atoms with Gasteiger partial charge in [0.15, 0.2) is 5.11 Å². The summed E-state index contributed by atoms with van der Waals surface area (Å²) in [6.45, 7) is 2.08. The molecule has 0 fully saturated rings. The molecule has 1 aliphatic heterocycles. The van der Waals surface area contributed by atoms with Crippen LogP contribution in [-0.2, 0) is 12.8 Å². The van der Waals surface area contributed by atoms with Gasteiger partial charge in [-0.15, -0.1) is 11.3 Å². The van der Waals surface area contributed by atoms with Gasteiger partial charge in [0.1, 0.15) is 0 Å². The molecule has 1 N–H and O–H groups in total. The SMILES string of the molecule is CC1=C(c2nc(-c3cccs3)no2)C(c2ccccc2)NC(=S)N1c1ccc2c(c1)CCC2. The second-order valence-corrected chi connectivity index (χ2v) is 9.67. The first-order chi connectivity index (χ1) is 16.2. The quantitative estimate of drug-likeness (QED) is 0.361. The third-order valence-corrected chi connectivity index (χ3v) is 7.52. The fraction of sp³-hybridized carbons (Fsp3) is 0.192. The predicted octanol–water partition coefficient (Wildman–Crippen LogP) is 6.15. The summed E-state index contributed by atoms with van der Waals surface area (Å²) in [7, 11) is 0. The molecule has 1 aliphatic carbocycles. The summed E-state index contributed by atoms with van der Waals surface area (Å²) >= 11 is 7.48. The summed E-state index contributed by atoms with van der Waals surface area (Å²) < 4.78 is 5.82. The van der Waals surface area contributed by atoms with E-state index >= 15 is 0 Å². The second-order valence-electron chi connectivity index (χ2n) is 8.33. The number of rotatable bonds is 4. The Bertz CT molecular complexity index is 1360. The molecule has 0 saturated heterocycles. The van der Waals surface area contributed by atoms with Crippen molar-refractivity contribution >= 4 is 39.9 Å². The average Bonchev–Trinajstić information content (AvgIpc) is 3.60. The van der Waals surface area contributed by atoms with Crippen molar-refractivity contribution in [2.45, 2.75) is 32.2 Å². The lowest BCUT2D eigenvalue weighted by Crippen LogP contribution is -2.46. The molecule has 0 radical (unpaired) electrons. The number of allylic oxidation sites excluding steroid dienone is 1. The van der Waals surface area contributed by atoms with E-state index in [1.807, 2.05) is 35.7 Å². The van der Waals surface area contributed by atoms with Crippen molar-refractivity contribution in [1.29, 1.82) is 0 Å². The summed E-state index contributed by atoms with van der Waals surface area (Å²) in [6, 6.07) is 20.7. The number of nitrogens with zero attached hydrogens (tertiary/aromatic N) is 3. The zero-order chi connectivity index (χ0) is 22.4. The van der Waals surface area contributed by atoms with Gasteiger partial charge in [0.25, 0.3) is 5.89 Å². The Morgan fingerprint density at radius 1 is 1.06 bits per heavy atom. The van der Waals surface area contributed by atoms with Gasteiger partial charge >= 0.3 is 0 Å². The molecule has 0 amide bonds. The van der Waals surface area contributed by atoms with Crippen molar-refractivity contribution in [1.82, 2.24) is 15.5 Å². The van der Waals surface area contributed by atoms with Crippen molar-refractivity contribution in [3.63, 3.8) is 0 Å². The first-order valence-electron chi connectivity index (χ1n) is 11.0. The van der Waals surface area contributed by atoms with Crippen molar-refractivity contribution < 1.29 is 4.52 Å². The second kappa shape index (κ2) is 8.24. The first-order valence-corrected chi connectivity index (χ1v) is 12.3. The summed E-state index contributed by atoms with van der Waals surface area (Å²) in [6.07, 6.45) is 3.49. The molecule has 2 aliphatic rings. The molecular weight excluding hydrogens is 448 g/mol. The molecule has 0 saturated carbocycles. The highest BCUT2D eigenvalue weighted by Crippen LogP contribution is 2.40. The lowest BCUT2D eigenvalue weighted by Gasteiger charge is -2.37. The van der Waals surface area contributed by atoms with E-state index in [1.54, 1.807) is 11.3 Å². The Kier molecular flexibility index (Phi) is 5.08. The number of thiophene rings is 1. The van der Waals surface area contributed by atoms with E-state index in [0.717, 1.165) is 40.2 Å². The molecule has 3 heterocycles. The highest BCUT2D eigenvalue weighted by molar-refractivity contribution is 7.80. The number of hydrogen-bond acceptors (Lipinski definition) is 5. The van der Waals surface area contributed by atoms with Gasteiger partial charge in [-0.05, 0) is 78.7 Å². The number of benzene rings is 2. The minimum absolute atomic E-state index is 0.180. The summed E-state index contributed by atoms with van der Waals surface area (Å²) in [5, 5.41) is 10.5. The number of hydrogen-bond donors (Lipinski definition) is 1. The van der Waals surface area contributed by atoms with E-state index in [2.05, 4.69) is 52.6 Å². The van der Waals surface area contributed by atoms with E-state index < -0.39 is 0 Å². The number of aryl methyl sites for hydroxylation is 2. The standard InChI is InChI=1S/C26H22N4OS2/c1-16-22(25-28-24(29-31-25)21-11-6-14-33-21)23(18-7-3-2-4-8-18)27-26(32)30(16)20-13-12-17-9-5-10-19(17)15-20/h2-4,6-8,11-15,23H,5,9-10H2,1H3,(H,27,32). The van der Waals surface area contributed by atoms with Crippen LogP contribution in [0.25, 0.3) is 16.3 Å². The van der Waals surface area contributed by atoms with Gasteiger partial charge in [0.2, 0.25) is 5.82 Å². The molecule has 0 spiro atoms. The summed E-state index contributed by atoms with van der Waals surface area (Å²) in [5.74, 6) is 1.11. The number of aromatic nitrogens is 2. The van der Waals surface area contributed by atoms with Gasteiger partial charge in [-0.1, -0.05) is 47.6 Å². The molecule has 4 aromatic rings. The molecule has 6 rings (SSSR count). The van der Waals surface area contributed by atoms with Crippen LogP contribution in [0.5, 0.6) is 0 Å². The van der Waals surface area contributed by atoms with Gasteiger partial charge in [0.05, 0.1) is 16.5 Å². The summed E-state index contributed by atoms with van der Waals surface area (Å²) in [5.41, 5.74) is 6.94. The Morgan fingerprint density at radius 3 is 2.73 bits per heavy atom. The highest BCUT2D eigenvalue weighted by Gasteiger charge is 2.35. The molecule has 2 aromatic carbocycles. The maximum absolute atomic E-state index is 5.88. The van der Waals surface area contributed by atoms with Crippen LogP contribution in [0, 0.1) is 0 Å². The fourth-order valence-electron chi connectivity index (χ4n) is 4.76. The van der Waals surface area contributed by atoms with Crippen LogP contribution in [0.2, 0.25) is 0 Å². The normalized spacial score (nSPS) is 17.9. The van der Waals surface area contributed by atoms with Crippen LogP contribution < -0.4 is 10.2 Å². The zero-order valence-corrected chi connectivity index (χ0v) is 19.7. The van der Waals surface area contributed by atoms with Gasteiger partial charge in [-0.3, -0.25) is 4.90 Å². The minimum atomic E-state index is -0.180. The van der Waals surface area contributed by atoms with Crippen molar-refractivity contribution in [2.75, 3.05) is 4.90 Å². The van der Waals surface area contributed by atoms with Crippen LogP contribution in [0.15, 0.2) is 76.3 Å². The molecule has 1 unspecified atom stereocenters. The minimum Gasteiger partial charge on any atom is -0.351 e. The third-order valence-electron chi connectivity index (χ3n) is 6.36. The van der Waals surface area contributed by atoms with Crippen LogP contribution in [0.4, 0.5) is 5.69 Å². The zero-order valence-electron chi connectivity index (χ0n) is 18.1. The first kappa shape index (κ1) is 20.3. The van der Waals surface area contributed by atoms with Crippen molar-refractivity contribution in [3.8, 4) is 10.7 Å². The molecule has 1 atom stereocenters. The van der Waals surface area contributed by atoms with E-state index in [-0.39, 0.29) is 6.04 Å². The smallest absolute Gasteiger partial charge is 0.258 e. The summed E-state index contributed by atoms with van der Waals surface area (Å²) in [4.78, 5) is 7.85. The Balaban J connectivity index is 1.49. The lowest BCUT2D eigenvalue weighted by atomic mass is 9.94. The lowest BCUT2D eigenvalue weighted by molar-refractivity contribution is 0.404. The average molecular weight is 471 g/mol. The maximum Gasteiger partial charge on any atom is 0.258 e. The van der Waals surface area contributed by atoms with Crippen molar-refractivity contribution in [2.24, 2.45) is 0 Å². The molecule has 7 heteroatoms. The Morgan fingerprint density at radius 2 is 1.91 bits per heavy atom. The monoisotopic (exact) mass is 470 g/mol. The van der Waals surface area contributed by atoms with Gasteiger partial charge in [0, 0.05) is 11.4 Å². The van der Waals surface area contributed by atoms with Crippen molar-refractivity contribution in [3.05, 3.63) is 94.3 Å². The molecule has 164 valence electrons. The van der Waals surface area contributed by atoms with Gasteiger partial charge in [-0.25, -0.2) is 0 Å². The maximum atomic E-state index is 5.88. The number of anilines is 1. The van der Waals surface area contributed by atoms with Crippen LogP contribution in [-0.4, -0.2) is 15.3 Å². The molecule has 2 aromatic heterocycles. The Labute approximate surface area is 201 Å². The van der Waals surface area contributed by atoms with Crippen LogP contribution >= 0.6 is 23.6 Å². The van der Waals surface area contributed by atoms with E-state index in [9.17, 15) is 0 Å². The number of nitrogens with one attached hydrogen (secondary N) is 1. The van der Waals surface area contributed by atoms with E-state index in [4.69, 9.17) is 21.7 Å². The van der Waals surface area contributed by atoms with Gasteiger partial charge in [-0.2, -0.15) is 4.98 Å². The largest absolute Gasteiger partial charge is 0.351 e. The number of fused-ring (bicyclic) bond motifs is 1. The van der Waals surface area contributed by atoms with E-state index in [1.165, 1.54) is 17.5 Å². The fourth-order valence-corrected chi connectivity index (χ4v) is 5.77. The topological polar surface area (TPSA) is 54.2 Å². The molecule has 33 heavy (non-hydrogen) atoms. The van der Waals surface area contributed by atoms with Gasteiger partial charge < -0.3 is 9.84 Å². The highest BCUT2D eigenvalue weighted by atomic mass is 32.1. The molecule has 5 nitrogen and oxygen atoms in total.